The first-order valence-electron chi connectivity index (χ1n) is 6.23. The van der Waals surface area contributed by atoms with E-state index in [1.807, 2.05) is 18.5 Å². The Morgan fingerprint density at radius 3 is 2.88 bits per heavy atom. The normalized spacial score (nSPS) is 17.2. The predicted octanol–water partition coefficient (Wildman–Crippen LogP) is 2.60. The molecule has 0 aliphatic heterocycles. The molecule has 1 heterocycles. The van der Waals surface area contributed by atoms with E-state index >= 15 is 0 Å². The standard InChI is InChI=1S/C13H20N2O/c16-13(8-11-4-2-1-3-5-11)15-10-12-6-7-14-9-12/h6-7,9,11,14H,1-5,8,10H2,(H,15,16). The van der Waals surface area contributed by atoms with Crippen LogP contribution in [0.5, 0.6) is 0 Å². The molecular formula is C13H20N2O. The molecule has 2 rings (SSSR count). The minimum Gasteiger partial charge on any atom is -0.367 e. The monoisotopic (exact) mass is 220 g/mol. The van der Waals surface area contributed by atoms with Crippen LogP contribution in [0.15, 0.2) is 18.5 Å². The van der Waals surface area contributed by atoms with E-state index in [1.54, 1.807) is 0 Å². The Labute approximate surface area is 96.6 Å². The van der Waals surface area contributed by atoms with Crippen LogP contribution >= 0.6 is 0 Å². The number of rotatable bonds is 4. The molecule has 0 atom stereocenters. The Hall–Kier alpha value is -1.25. The van der Waals surface area contributed by atoms with Gasteiger partial charge in [0, 0.05) is 25.4 Å². The van der Waals surface area contributed by atoms with Crippen molar-refractivity contribution in [2.75, 3.05) is 0 Å². The highest BCUT2D eigenvalue weighted by molar-refractivity contribution is 5.76. The van der Waals surface area contributed by atoms with Gasteiger partial charge in [0.25, 0.3) is 0 Å². The minimum absolute atomic E-state index is 0.202. The highest BCUT2D eigenvalue weighted by Gasteiger charge is 2.16. The van der Waals surface area contributed by atoms with E-state index < -0.39 is 0 Å². The van der Waals surface area contributed by atoms with Crippen molar-refractivity contribution in [1.82, 2.24) is 10.3 Å². The van der Waals surface area contributed by atoms with Crippen LogP contribution in [0.1, 0.15) is 44.1 Å². The molecule has 1 aliphatic rings. The molecular weight excluding hydrogens is 200 g/mol. The number of H-pyrrole nitrogens is 1. The third-order valence-corrected chi connectivity index (χ3v) is 3.35. The number of aromatic amines is 1. The average Bonchev–Trinajstić information content (AvgIpc) is 2.81. The number of carbonyl (C=O) groups is 1. The van der Waals surface area contributed by atoms with Gasteiger partial charge in [0.1, 0.15) is 0 Å². The van der Waals surface area contributed by atoms with Gasteiger partial charge >= 0.3 is 0 Å². The van der Waals surface area contributed by atoms with Gasteiger partial charge < -0.3 is 10.3 Å². The maximum Gasteiger partial charge on any atom is 0.220 e. The second-order valence-electron chi connectivity index (χ2n) is 4.70. The van der Waals surface area contributed by atoms with E-state index in [9.17, 15) is 4.79 Å². The van der Waals surface area contributed by atoms with E-state index in [4.69, 9.17) is 0 Å². The number of amides is 1. The topological polar surface area (TPSA) is 44.9 Å². The van der Waals surface area contributed by atoms with Crippen molar-refractivity contribution in [2.45, 2.75) is 45.1 Å². The molecule has 0 unspecified atom stereocenters. The third kappa shape index (κ3) is 3.40. The van der Waals surface area contributed by atoms with Crippen molar-refractivity contribution < 1.29 is 4.79 Å². The second-order valence-corrected chi connectivity index (χ2v) is 4.70. The van der Waals surface area contributed by atoms with Crippen LogP contribution in [0.2, 0.25) is 0 Å². The molecule has 88 valence electrons. The van der Waals surface area contributed by atoms with Gasteiger partial charge in [-0.25, -0.2) is 0 Å². The molecule has 1 saturated carbocycles. The fourth-order valence-electron chi connectivity index (χ4n) is 2.39. The van der Waals surface area contributed by atoms with E-state index in [0.717, 1.165) is 5.56 Å². The quantitative estimate of drug-likeness (QED) is 0.805. The summed E-state index contributed by atoms with van der Waals surface area (Å²) < 4.78 is 0. The van der Waals surface area contributed by atoms with Crippen molar-refractivity contribution in [3.8, 4) is 0 Å². The third-order valence-electron chi connectivity index (χ3n) is 3.35. The Balaban J connectivity index is 1.67. The molecule has 3 heteroatoms. The highest BCUT2D eigenvalue weighted by Crippen LogP contribution is 2.25. The maximum atomic E-state index is 11.7. The first-order valence-corrected chi connectivity index (χ1v) is 6.23. The molecule has 0 spiro atoms. The number of hydrogen-bond acceptors (Lipinski definition) is 1. The van der Waals surface area contributed by atoms with E-state index in [2.05, 4.69) is 10.3 Å². The number of carbonyl (C=O) groups excluding carboxylic acids is 1. The molecule has 1 amide bonds. The summed E-state index contributed by atoms with van der Waals surface area (Å²) in [6, 6.07) is 1.99. The molecule has 0 bridgehead atoms. The lowest BCUT2D eigenvalue weighted by Gasteiger charge is -2.20. The fraction of sp³-hybridized carbons (Fsp3) is 0.615. The zero-order chi connectivity index (χ0) is 11.2. The zero-order valence-corrected chi connectivity index (χ0v) is 9.67. The van der Waals surface area contributed by atoms with Gasteiger partial charge in [-0.1, -0.05) is 19.3 Å². The summed E-state index contributed by atoms with van der Waals surface area (Å²) in [6.45, 7) is 0.648. The SMILES string of the molecule is O=C(CC1CCCCC1)NCc1cc[nH]c1. The van der Waals surface area contributed by atoms with Crippen molar-refractivity contribution >= 4 is 5.91 Å². The van der Waals surface area contributed by atoms with Crippen molar-refractivity contribution in [3.05, 3.63) is 24.0 Å². The summed E-state index contributed by atoms with van der Waals surface area (Å²) in [6.07, 6.45) is 10.9. The van der Waals surface area contributed by atoms with Gasteiger partial charge in [-0.2, -0.15) is 0 Å². The molecule has 1 aromatic rings. The highest BCUT2D eigenvalue weighted by atomic mass is 16.1. The van der Waals surface area contributed by atoms with Crippen LogP contribution in [0.4, 0.5) is 0 Å². The lowest BCUT2D eigenvalue weighted by molar-refractivity contribution is -0.122. The van der Waals surface area contributed by atoms with Gasteiger partial charge in [-0.05, 0) is 30.4 Å². The molecule has 1 aliphatic carbocycles. The van der Waals surface area contributed by atoms with Crippen LogP contribution in [0, 0.1) is 5.92 Å². The molecule has 1 fully saturated rings. The van der Waals surface area contributed by atoms with E-state index in [1.165, 1.54) is 32.1 Å². The number of nitrogens with one attached hydrogen (secondary N) is 2. The van der Waals surface area contributed by atoms with Gasteiger partial charge in [0.05, 0.1) is 0 Å². The van der Waals surface area contributed by atoms with Gasteiger partial charge in [0.2, 0.25) is 5.91 Å². The Morgan fingerprint density at radius 1 is 1.38 bits per heavy atom. The number of aromatic nitrogens is 1. The summed E-state index contributed by atoms with van der Waals surface area (Å²) in [5.41, 5.74) is 1.14. The molecule has 0 aromatic carbocycles. The summed E-state index contributed by atoms with van der Waals surface area (Å²) >= 11 is 0. The van der Waals surface area contributed by atoms with Crippen molar-refractivity contribution in [1.29, 1.82) is 0 Å². The lowest BCUT2D eigenvalue weighted by Crippen LogP contribution is -2.25. The minimum atomic E-state index is 0.202. The maximum absolute atomic E-state index is 11.7. The smallest absolute Gasteiger partial charge is 0.220 e. The van der Waals surface area contributed by atoms with Crippen LogP contribution in [0.3, 0.4) is 0 Å². The van der Waals surface area contributed by atoms with Gasteiger partial charge in [-0.15, -0.1) is 0 Å². The average molecular weight is 220 g/mol. The molecule has 1 aromatic heterocycles. The molecule has 0 radical (unpaired) electrons. The first kappa shape index (κ1) is 11.2. The Kier molecular flexibility index (Phi) is 4.03. The first-order chi connectivity index (χ1) is 7.84. The van der Waals surface area contributed by atoms with E-state index in [0.29, 0.717) is 18.9 Å². The largest absolute Gasteiger partial charge is 0.367 e. The second kappa shape index (κ2) is 5.73. The summed E-state index contributed by atoms with van der Waals surface area (Å²) in [7, 11) is 0. The van der Waals surface area contributed by atoms with Gasteiger partial charge in [-0.3, -0.25) is 4.79 Å². The molecule has 0 saturated heterocycles. The molecule has 3 nitrogen and oxygen atoms in total. The van der Waals surface area contributed by atoms with Crippen LogP contribution in [0.25, 0.3) is 0 Å². The molecule has 2 N–H and O–H groups in total. The van der Waals surface area contributed by atoms with Crippen LogP contribution < -0.4 is 5.32 Å². The van der Waals surface area contributed by atoms with Crippen molar-refractivity contribution in [2.24, 2.45) is 5.92 Å². The fourth-order valence-corrected chi connectivity index (χ4v) is 2.39. The lowest BCUT2D eigenvalue weighted by atomic mass is 9.87. The van der Waals surface area contributed by atoms with Crippen LogP contribution in [-0.2, 0) is 11.3 Å². The Morgan fingerprint density at radius 2 is 2.19 bits per heavy atom. The summed E-state index contributed by atoms with van der Waals surface area (Å²) in [4.78, 5) is 14.7. The molecule has 16 heavy (non-hydrogen) atoms. The van der Waals surface area contributed by atoms with E-state index in [-0.39, 0.29) is 5.91 Å². The van der Waals surface area contributed by atoms with Crippen LogP contribution in [-0.4, -0.2) is 10.9 Å². The van der Waals surface area contributed by atoms with Crippen molar-refractivity contribution in [3.63, 3.8) is 0 Å². The summed E-state index contributed by atoms with van der Waals surface area (Å²) in [5.74, 6) is 0.827. The Bertz CT molecular complexity index is 313. The zero-order valence-electron chi connectivity index (χ0n) is 9.67. The summed E-state index contributed by atoms with van der Waals surface area (Å²) in [5, 5.41) is 2.97. The predicted molar refractivity (Wildman–Crippen MR) is 63.8 cm³/mol. The number of hydrogen-bond donors (Lipinski definition) is 2. The van der Waals surface area contributed by atoms with Gasteiger partial charge in [0.15, 0.2) is 0 Å².